The zero-order valence-electron chi connectivity index (χ0n) is 11.4. The maximum atomic E-state index is 10.7. The van der Waals surface area contributed by atoms with E-state index in [1.54, 1.807) is 0 Å². The Hall–Kier alpha value is -0.840. The van der Waals surface area contributed by atoms with Crippen LogP contribution in [0.1, 0.15) is 29.7 Å². The summed E-state index contributed by atoms with van der Waals surface area (Å²) in [4.78, 5) is 0. The molecule has 0 spiro atoms. The Morgan fingerprint density at radius 3 is 2.35 bits per heavy atom. The molecule has 1 atom stereocenters. The third-order valence-electron chi connectivity index (χ3n) is 3.09. The first-order chi connectivity index (χ1) is 9.52. The van der Waals surface area contributed by atoms with Crippen LogP contribution in [0.5, 0.6) is 5.75 Å². The summed E-state index contributed by atoms with van der Waals surface area (Å²) in [5, 5.41) is 10.7. The quantitative estimate of drug-likeness (QED) is 0.783. The van der Waals surface area contributed by atoms with Crippen LogP contribution in [-0.2, 0) is 0 Å². The van der Waals surface area contributed by atoms with Crippen LogP contribution in [0, 0.1) is 6.92 Å². The molecule has 2 rings (SSSR count). The summed E-state index contributed by atoms with van der Waals surface area (Å²) in [6.45, 7) is 4.49. The number of ether oxygens (including phenoxy) is 1. The molecule has 0 aliphatic heterocycles. The molecule has 0 heterocycles. The highest BCUT2D eigenvalue weighted by molar-refractivity contribution is 9.10. The van der Waals surface area contributed by atoms with E-state index < -0.39 is 6.10 Å². The van der Waals surface area contributed by atoms with Gasteiger partial charge in [-0.1, -0.05) is 37.9 Å². The summed E-state index contributed by atoms with van der Waals surface area (Å²) in [5.41, 5.74) is 2.69. The van der Waals surface area contributed by atoms with E-state index in [-0.39, 0.29) is 0 Å². The fraction of sp³-hybridized carbons (Fsp3) is 0.250. The molecular formula is C16H16Br2O2. The standard InChI is InChI=1S/C16H16Br2O2/c1-3-20-15-7-5-12(18)9-14(15)16(19)13-6-4-11(17)8-10(13)2/h4-9,16,19H,3H2,1-2H3. The van der Waals surface area contributed by atoms with Crippen LogP contribution in [-0.4, -0.2) is 11.7 Å². The number of aryl methyl sites for hydroxylation is 1. The van der Waals surface area contributed by atoms with Gasteiger partial charge in [0.05, 0.1) is 6.61 Å². The molecule has 0 saturated carbocycles. The second kappa shape index (κ2) is 6.74. The zero-order valence-corrected chi connectivity index (χ0v) is 14.5. The Labute approximate surface area is 136 Å². The van der Waals surface area contributed by atoms with E-state index in [2.05, 4.69) is 31.9 Å². The molecule has 1 N–H and O–H groups in total. The second-order valence-corrected chi connectivity index (χ2v) is 6.35. The summed E-state index contributed by atoms with van der Waals surface area (Å²) in [5.74, 6) is 0.713. The summed E-state index contributed by atoms with van der Waals surface area (Å²) < 4.78 is 7.53. The molecular weight excluding hydrogens is 384 g/mol. The minimum Gasteiger partial charge on any atom is -0.493 e. The molecule has 2 nitrogen and oxygen atoms in total. The summed E-state index contributed by atoms with van der Waals surface area (Å²) in [7, 11) is 0. The van der Waals surface area contributed by atoms with E-state index in [1.807, 2.05) is 50.2 Å². The lowest BCUT2D eigenvalue weighted by Gasteiger charge is -2.18. The zero-order chi connectivity index (χ0) is 14.7. The molecule has 0 radical (unpaired) electrons. The maximum absolute atomic E-state index is 10.7. The lowest BCUT2D eigenvalue weighted by Crippen LogP contribution is -2.05. The molecule has 4 heteroatoms. The molecule has 1 unspecified atom stereocenters. The Bertz CT molecular complexity index is 611. The Morgan fingerprint density at radius 2 is 1.70 bits per heavy atom. The van der Waals surface area contributed by atoms with Crippen molar-refractivity contribution in [2.45, 2.75) is 20.0 Å². The van der Waals surface area contributed by atoms with Gasteiger partial charge in [-0.2, -0.15) is 0 Å². The molecule has 2 aromatic carbocycles. The predicted molar refractivity (Wildman–Crippen MR) is 88.3 cm³/mol. The van der Waals surface area contributed by atoms with Crippen LogP contribution in [0.25, 0.3) is 0 Å². The number of benzene rings is 2. The number of rotatable bonds is 4. The number of aliphatic hydroxyl groups excluding tert-OH is 1. The minimum atomic E-state index is -0.706. The van der Waals surface area contributed by atoms with Crippen molar-refractivity contribution < 1.29 is 9.84 Å². The SMILES string of the molecule is CCOc1ccc(Br)cc1C(O)c1ccc(Br)cc1C. The van der Waals surface area contributed by atoms with Gasteiger partial charge in [0.1, 0.15) is 11.9 Å². The average molecular weight is 400 g/mol. The van der Waals surface area contributed by atoms with Crippen LogP contribution < -0.4 is 4.74 Å². The average Bonchev–Trinajstić information content (AvgIpc) is 2.40. The molecule has 0 bridgehead atoms. The van der Waals surface area contributed by atoms with E-state index in [0.29, 0.717) is 12.4 Å². The first-order valence-corrected chi connectivity index (χ1v) is 7.98. The van der Waals surface area contributed by atoms with Gasteiger partial charge in [0.2, 0.25) is 0 Å². The van der Waals surface area contributed by atoms with Crippen molar-refractivity contribution in [1.82, 2.24) is 0 Å². The van der Waals surface area contributed by atoms with E-state index in [9.17, 15) is 5.11 Å². The Kier molecular flexibility index (Phi) is 5.24. The van der Waals surface area contributed by atoms with E-state index in [1.165, 1.54) is 0 Å². The van der Waals surface area contributed by atoms with Crippen molar-refractivity contribution in [3.8, 4) is 5.75 Å². The first kappa shape index (κ1) is 15.5. The molecule has 0 amide bonds. The van der Waals surface area contributed by atoms with Gasteiger partial charge in [-0.25, -0.2) is 0 Å². The third kappa shape index (κ3) is 3.43. The molecule has 106 valence electrons. The van der Waals surface area contributed by atoms with Crippen LogP contribution >= 0.6 is 31.9 Å². The first-order valence-electron chi connectivity index (χ1n) is 6.39. The molecule has 0 aliphatic rings. The molecule has 0 aromatic heterocycles. The number of aliphatic hydroxyl groups is 1. The van der Waals surface area contributed by atoms with E-state index in [0.717, 1.165) is 25.6 Å². The Balaban J connectivity index is 2.46. The van der Waals surface area contributed by atoms with Gasteiger partial charge in [0.15, 0.2) is 0 Å². The van der Waals surface area contributed by atoms with E-state index >= 15 is 0 Å². The Morgan fingerprint density at radius 1 is 1.05 bits per heavy atom. The van der Waals surface area contributed by atoms with Crippen molar-refractivity contribution in [2.24, 2.45) is 0 Å². The fourth-order valence-electron chi connectivity index (χ4n) is 2.13. The van der Waals surface area contributed by atoms with Crippen LogP contribution in [0.4, 0.5) is 0 Å². The van der Waals surface area contributed by atoms with Gasteiger partial charge >= 0.3 is 0 Å². The van der Waals surface area contributed by atoms with Gasteiger partial charge in [-0.05, 0) is 55.3 Å². The van der Waals surface area contributed by atoms with Gasteiger partial charge in [-0.3, -0.25) is 0 Å². The van der Waals surface area contributed by atoms with Gasteiger partial charge in [0, 0.05) is 14.5 Å². The summed E-state index contributed by atoms with van der Waals surface area (Å²) in [6, 6.07) is 11.6. The molecule has 0 aliphatic carbocycles. The van der Waals surface area contributed by atoms with Crippen molar-refractivity contribution >= 4 is 31.9 Å². The molecule has 20 heavy (non-hydrogen) atoms. The van der Waals surface area contributed by atoms with E-state index in [4.69, 9.17) is 4.74 Å². The number of hydrogen-bond acceptors (Lipinski definition) is 2. The third-order valence-corrected chi connectivity index (χ3v) is 4.08. The van der Waals surface area contributed by atoms with Crippen molar-refractivity contribution in [1.29, 1.82) is 0 Å². The molecule has 0 fully saturated rings. The highest BCUT2D eigenvalue weighted by Gasteiger charge is 2.18. The van der Waals surface area contributed by atoms with Crippen molar-refractivity contribution in [2.75, 3.05) is 6.61 Å². The number of halogens is 2. The lowest BCUT2D eigenvalue weighted by molar-refractivity contribution is 0.211. The van der Waals surface area contributed by atoms with Crippen molar-refractivity contribution in [3.63, 3.8) is 0 Å². The fourth-order valence-corrected chi connectivity index (χ4v) is 2.99. The van der Waals surface area contributed by atoms with Crippen LogP contribution in [0.2, 0.25) is 0 Å². The van der Waals surface area contributed by atoms with Crippen LogP contribution in [0.15, 0.2) is 45.3 Å². The molecule has 2 aromatic rings. The van der Waals surface area contributed by atoms with Gasteiger partial charge in [-0.15, -0.1) is 0 Å². The van der Waals surface area contributed by atoms with Crippen molar-refractivity contribution in [3.05, 3.63) is 62.0 Å². The van der Waals surface area contributed by atoms with Crippen LogP contribution in [0.3, 0.4) is 0 Å². The topological polar surface area (TPSA) is 29.5 Å². The normalized spacial score (nSPS) is 12.2. The lowest BCUT2D eigenvalue weighted by atomic mass is 9.97. The van der Waals surface area contributed by atoms with Gasteiger partial charge < -0.3 is 9.84 Å². The highest BCUT2D eigenvalue weighted by Crippen LogP contribution is 2.34. The predicted octanol–water partition coefficient (Wildman–Crippen LogP) is 5.00. The minimum absolute atomic E-state index is 0.570. The highest BCUT2D eigenvalue weighted by atomic mass is 79.9. The largest absolute Gasteiger partial charge is 0.493 e. The molecule has 0 saturated heterocycles. The summed E-state index contributed by atoms with van der Waals surface area (Å²) in [6.07, 6.45) is -0.706. The second-order valence-electron chi connectivity index (χ2n) is 4.52. The maximum Gasteiger partial charge on any atom is 0.125 e. The smallest absolute Gasteiger partial charge is 0.125 e. The number of hydrogen-bond donors (Lipinski definition) is 1. The summed E-state index contributed by atoms with van der Waals surface area (Å²) >= 11 is 6.88. The van der Waals surface area contributed by atoms with Gasteiger partial charge in [0.25, 0.3) is 0 Å². The monoisotopic (exact) mass is 398 g/mol.